The van der Waals surface area contributed by atoms with Crippen molar-refractivity contribution in [2.45, 2.75) is 5.33 Å². The molecule has 2 heterocycles. The summed E-state index contributed by atoms with van der Waals surface area (Å²) in [6.07, 6.45) is 5.41. The highest BCUT2D eigenvalue weighted by Gasteiger charge is 2.03. The molecule has 0 N–H and O–H groups in total. The molecule has 0 bridgehead atoms. The maximum Gasteiger partial charge on any atom is 0.162 e. The summed E-state index contributed by atoms with van der Waals surface area (Å²) in [6, 6.07) is 1.88. The molecule has 14 heavy (non-hydrogen) atoms. The normalized spacial score (nSPS) is 10.4. The van der Waals surface area contributed by atoms with Gasteiger partial charge in [-0.05, 0) is 6.07 Å². The molecule has 4 nitrogen and oxygen atoms in total. The van der Waals surface area contributed by atoms with Crippen LogP contribution in [0.25, 0.3) is 11.4 Å². The van der Waals surface area contributed by atoms with Gasteiger partial charge in [-0.15, -0.1) is 0 Å². The zero-order valence-electron chi connectivity index (χ0n) is 7.68. The van der Waals surface area contributed by atoms with Crippen molar-refractivity contribution in [3.05, 3.63) is 30.4 Å². The third-order valence-corrected chi connectivity index (χ3v) is 2.39. The summed E-state index contributed by atoms with van der Waals surface area (Å²) in [5.41, 5.74) is 1.91. The van der Waals surface area contributed by atoms with Gasteiger partial charge in [0.2, 0.25) is 0 Å². The molecule has 0 spiro atoms. The molecule has 0 aromatic carbocycles. The Morgan fingerprint density at radius 2 is 2.36 bits per heavy atom. The first-order valence-corrected chi connectivity index (χ1v) is 5.28. The lowest BCUT2D eigenvalue weighted by atomic mass is 10.3. The Kier molecular flexibility index (Phi) is 2.58. The standard InChI is InChI=1S/C9H9BrN4/c1-14-6-7(5-12-14)9-11-3-2-8(4-10)13-9/h2-3,5-6H,4H2,1H3. The molecule has 2 aromatic heterocycles. The van der Waals surface area contributed by atoms with Gasteiger partial charge >= 0.3 is 0 Å². The van der Waals surface area contributed by atoms with Gasteiger partial charge in [0, 0.05) is 24.8 Å². The average molecular weight is 253 g/mol. The summed E-state index contributed by atoms with van der Waals surface area (Å²) in [6.45, 7) is 0. The van der Waals surface area contributed by atoms with Crippen molar-refractivity contribution < 1.29 is 0 Å². The molecular formula is C9H9BrN4. The lowest BCUT2D eigenvalue weighted by molar-refractivity contribution is 0.768. The van der Waals surface area contributed by atoms with E-state index in [1.807, 2.05) is 19.3 Å². The third kappa shape index (κ3) is 1.82. The van der Waals surface area contributed by atoms with E-state index in [2.05, 4.69) is 31.0 Å². The first-order valence-electron chi connectivity index (χ1n) is 4.16. The van der Waals surface area contributed by atoms with Gasteiger partial charge in [0.1, 0.15) is 0 Å². The minimum atomic E-state index is 0.718. The molecule has 5 heteroatoms. The van der Waals surface area contributed by atoms with Crippen LogP contribution in [0.4, 0.5) is 0 Å². The minimum Gasteiger partial charge on any atom is -0.275 e. The average Bonchev–Trinajstić information content (AvgIpc) is 2.65. The van der Waals surface area contributed by atoms with Gasteiger partial charge in [-0.3, -0.25) is 4.68 Å². The minimum absolute atomic E-state index is 0.718. The molecule has 0 saturated carbocycles. The summed E-state index contributed by atoms with van der Waals surface area (Å²) >= 11 is 3.36. The Morgan fingerprint density at radius 1 is 1.50 bits per heavy atom. The van der Waals surface area contributed by atoms with Crippen LogP contribution in [0.5, 0.6) is 0 Å². The van der Waals surface area contributed by atoms with Crippen molar-refractivity contribution in [3.63, 3.8) is 0 Å². The van der Waals surface area contributed by atoms with Crippen LogP contribution in [0, 0.1) is 0 Å². The topological polar surface area (TPSA) is 43.6 Å². The van der Waals surface area contributed by atoms with Gasteiger partial charge in [-0.1, -0.05) is 15.9 Å². The third-order valence-electron chi connectivity index (χ3n) is 1.81. The van der Waals surface area contributed by atoms with Crippen molar-refractivity contribution in [2.24, 2.45) is 7.05 Å². The lowest BCUT2D eigenvalue weighted by Crippen LogP contribution is -1.91. The summed E-state index contributed by atoms with van der Waals surface area (Å²) < 4.78 is 1.74. The fourth-order valence-corrected chi connectivity index (χ4v) is 1.46. The lowest BCUT2D eigenvalue weighted by Gasteiger charge is -1.97. The van der Waals surface area contributed by atoms with Crippen molar-refractivity contribution in [1.82, 2.24) is 19.7 Å². The number of alkyl halides is 1. The molecule has 2 aromatic rings. The Labute approximate surface area is 90.1 Å². The van der Waals surface area contributed by atoms with Crippen LogP contribution in [0.3, 0.4) is 0 Å². The number of hydrogen-bond donors (Lipinski definition) is 0. The largest absolute Gasteiger partial charge is 0.275 e. The summed E-state index contributed by atoms with van der Waals surface area (Å²) in [5.74, 6) is 0.718. The van der Waals surface area contributed by atoms with Crippen LogP contribution >= 0.6 is 15.9 Å². The maximum atomic E-state index is 4.36. The molecule has 0 aliphatic heterocycles. The van der Waals surface area contributed by atoms with E-state index < -0.39 is 0 Å². The Bertz CT molecular complexity index is 438. The van der Waals surface area contributed by atoms with Crippen molar-refractivity contribution in [3.8, 4) is 11.4 Å². The predicted octanol–water partition coefficient (Wildman–Crippen LogP) is 1.77. The van der Waals surface area contributed by atoms with Gasteiger partial charge in [0.25, 0.3) is 0 Å². The molecule has 2 rings (SSSR count). The van der Waals surface area contributed by atoms with E-state index in [0.29, 0.717) is 0 Å². The molecule has 0 saturated heterocycles. The predicted molar refractivity (Wildman–Crippen MR) is 56.9 cm³/mol. The number of rotatable bonds is 2. The van der Waals surface area contributed by atoms with Crippen LogP contribution in [0.15, 0.2) is 24.7 Å². The van der Waals surface area contributed by atoms with Gasteiger partial charge in [0.05, 0.1) is 17.5 Å². The second-order valence-corrected chi connectivity index (χ2v) is 3.47. The van der Waals surface area contributed by atoms with Gasteiger partial charge in [0.15, 0.2) is 5.82 Å². The molecule has 72 valence electrons. The van der Waals surface area contributed by atoms with E-state index in [1.165, 1.54) is 0 Å². The second-order valence-electron chi connectivity index (χ2n) is 2.91. The summed E-state index contributed by atoms with van der Waals surface area (Å²) in [4.78, 5) is 8.55. The molecule has 0 amide bonds. The first kappa shape index (κ1) is 9.33. The fourth-order valence-electron chi connectivity index (χ4n) is 1.15. The SMILES string of the molecule is Cn1cc(-c2nccc(CBr)n2)cn1. The highest BCUT2D eigenvalue weighted by atomic mass is 79.9. The highest BCUT2D eigenvalue weighted by molar-refractivity contribution is 9.08. The molecule has 0 atom stereocenters. The van der Waals surface area contributed by atoms with E-state index in [0.717, 1.165) is 22.4 Å². The molecule has 0 aliphatic rings. The molecular weight excluding hydrogens is 244 g/mol. The number of halogens is 1. The van der Waals surface area contributed by atoms with Crippen molar-refractivity contribution >= 4 is 15.9 Å². The fraction of sp³-hybridized carbons (Fsp3) is 0.222. The number of aromatic nitrogens is 4. The van der Waals surface area contributed by atoms with Crippen molar-refractivity contribution in [2.75, 3.05) is 0 Å². The number of hydrogen-bond acceptors (Lipinski definition) is 3. The van der Waals surface area contributed by atoms with Crippen LogP contribution in [0.1, 0.15) is 5.69 Å². The van der Waals surface area contributed by atoms with Gasteiger partial charge in [-0.2, -0.15) is 5.10 Å². The summed E-state index contributed by atoms with van der Waals surface area (Å²) in [7, 11) is 1.87. The summed E-state index contributed by atoms with van der Waals surface area (Å²) in [5, 5.41) is 4.81. The maximum absolute atomic E-state index is 4.36. The van der Waals surface area contributed by atoms with E-state index >= 15 is 0 Å². The Balaban J connectivity index is 2.41. The Hall–Kier alpha value is -1.23. The number of nitrogens with zero attached hydrogens (tertiary/aromatic N) is 4. The number of aryl methyl sites for hydroxylation is 1. The molecule has 0 aliphatic carbocycles. The van der Waals surface area contributed by atoms with Gasteiger partial charge in [-0.25, -0.2) is 9.97 Å². The van der Waals surface area contributed by atoms with Crippen LogP contribution in [-0.2, 0) is 12.4 Å². The van der Waals surface area contributed by atoms with E-state index in [1.54, 1.807) is 17.1 Å². The van der Waals surface area contributed by atoms with Crippen LogP contribution in [-0.4, -0.2) is 19.7 Å². The Morgan fingerprint density at radius 3 is 3.00 bits per heavy atom. The van der Waals surface area contributed by atoms with Gasteiger partial charge < -0.3 is 0 Å². The molecule has 0 unspecified atom stereocenters. The zero-order valence-corrected chi connectivity index (χ0v) is 9.27. The monoisotopic (exact) mass is 252 g/mol. The quantitative estimate of drug-likeness (QED) is 0.766. The highest BCUT2D eigenvalue weighted by Crippen LogP contribution is 2.13. The van der Waals surface area contributed by atoms with Crippen LogP contribution < -0.4 is 0 Å². The molecule has 0 fully saturated rings. The van der Waals surface area contributed by atoms with Crippen LogP contribution in [0.2, 0.25) is 0 Å². The zero-order chi connectivity index (χ0) is 9.97. The second kappa shape index (κ2) is 3.88. The van der Waals surface area contributed by atoms with E-state index in [9.17, 15) is 0 Å². The molecule has 0 radical (unpaired) electrons. The van der Waals surface area contributed by atoms with E-state index in [-0.39, 0.29) is 0 Å². The smallest absolute Gasteiger partial charge is 0.162 e. The van der Waals surface area contributed by atoms with E-state index in [4.69, 9.17) is 0 Å². The van der Waals surface area contributed by atoms with Crippen molar-refractivity contribution in [1.29, 1.82) is 0 Å². The first-order chi connectivity index (χ1) is 6.79.